The van der Waals surface area contributed by atoms with Gasteiger partial charge in [-0.15, -0.1) is 0 Å². The van der Waals surface area contributed by atoms with Crippen molar-refractivity contribution in [1.29, 1.82) is 0 Å². The quantitative estimate of drug-likeness (QED) is 0.616. The second kappa shape index (κ2) is 4.42. The van der Waals surface area contributed by atoms with E-state index in [9.17, 15) is 4.79 Å². The molecule has 0 unspecified atom stereocenters. The van der Waals surface area contributed by atoms with Crippen LogP contribution in [0.25, 0.3) is 0 Å². The SMILES string of the molecule is CN1CCC[C@H](NCC(=O)O)C1. The Kier molecular flexibility index (Phi) is 3.49. The first kappa shape index (κ1) is 9.48. The van der Waals surface area contributed by atoms with Gasteiger partial charge < -0.3 is 15.3 Å². The van der Waals surface area contributed by atoms with Crippen LogP contribution in [-0.2, 0) is 4.79 Å². The zero-order chi connectivity index (χ0) is 8.97. The third-order valence-corrected chi connectivity index (χ3v) is 2.17. The molecule has 1 atom stereocenters. The van der Waals surface area contributed by atoms with Gasteiger partial charge in [-0.3, -0.25) is 4.79 Å². The Morgan fingerprint density at radius 1 is 1.75 bits per heavy atom. The van der Waals surface area contributed by atoms with E-state index in [1.54, 1.807) is 0 Å². The van der Waals surface area contributed by atoms with Crippen molar-refractivity contribution in [1.82, 2.24) is 10.2 Å². The number of carbonyl (C=O) groups is 1. The van der Waals surface area contributed by atoms with E-state index in [0.717, 1.165) is 25.9 Å². The predicted molar refractivity (Wildman–Crippen MR) is 46.2 cm³/mol. The van der Waals surface area contributed by atoms with E-state index < -0.39 is 5.97 Å². The summed E-state index contributed by atoms with van der Waals surface area (Å²) in [4.78, 5) is 12.5. The van der Waals surface area contributed by atoms with Crippen LogP contribution in [0.15, 0.2) is 0 Å². The fraction of sp³-hybridized carbons (Fsp3) is 0.875. The molecular weight excluding hydrogens is 156 g/mol. The standard InChI is InChI=1S/C8H16N2O2/c1-10-4-2-3-7(6-10)9-5-8(11)12/h7,9H,2-6H2,1H3,(H,11,12)/t7-/m0/s1. The lowest BCUT2D eigenvalue weighted by molar-refractivity contribution is -0.136. The molecule has 1 aliphatic rings. The van der Waals surface area contributed by atoms with Crippen molar-refractivity contribution in [3.05, 3.63) is 0 Å². The van der Waals surface area contributed by atoms with Gasteiger partial charge in [0.25, 0.3) is 0 Å². The topological polar surface area (TPSA) is 52.6 Å². The summed E-state index contributed by atoms with van der Waals surface area (Å²) in [6.45, 7) is 2.18. The van der Waals surface area contributed by atoms with Crippen LogP contribution < -0.4 is 5.32 Å². The average Bonchev–Trinajstić information content (AvgIpc) is 2.01. The van der Waals surface area contributed by atoms with Gasteiger partial charge in [-0.05, 0) is 26.4 Å². The molecule has 0 aromatic carbocycles. The highest BCUT2D eigenvalue weighted by Gasteiger charge is 2.16. The van der Waals surface area contributed by atoms with Crippen LogP contribution in [0.2, 0.25) is 0 Å². The molecule has 0 radical (unpaired) electrons. The second-order valence-electron chi connectivity index (χ2n) is 3.38. The van der Waals surface area contributed by atoms with E-state index in [1.807, 2.05) is 0 Å². The van der Waals surface area contributed by atoms with Crippen LogP contribution >= 0.6 is 0 Å². The lowest BCUT2D eigenvalue weighted by Gasteiger charge is -2.29. The Balaban J connectivity index is 2.18. The predicted octanol–water partition coefficient (Wildman–Crippen LogP) is -0.245. The van der Waals surface area contributed by atoms with E-state index >= 15 is 0 Å². The molecular formula is C8H16N2O2. The molecule has 4 heteroatoms. The van der Waals surface area contributed by atoms with Gasteiger partial charge in [0.05, 0.1) is 6.54 Å². The van der Waals surface area contributed by atoms with E-state index in [-0.39, 0.29) is 6.54 Å². The van der Waals surface area contributed by atoms with Crippen molar-refractivity contribution in [2.75, 3.05) is 26.7 Å². The highest BCUT2D eigenvalue weighted by atomic mass is 16.4. The van der Waals surface area contributed by atoms with Crippen LogP contribution in [0.1, 0.15) is 12.8 Å². The first-order chi connectivity index (χ1) is 5.68. The molecule has 1 aliphatic heterocycles. The minimum Gasteiger partial charge on any atom is -0.480 e. The number of nitrogens with one attached hydrogen (secondary N) is 1. The maximum atomic E-state index is 10.2. The van der Waals surface area contributed by atoms with E-state index in [2.05, 4.69) is 17.3 Å². The molecule has 0 aliphatic carbocycles. The van der Waals surface area contributed by atoms with Crippen LogP contribution in [0.3, 0.4) is 0 Å². The Bertz CT molecular complexity index is 161. The molecule has 0 saturated carbocycles. The molecule has 1 saturated heterocycles. The minimum atomic E-state index is -0.775. The van der Waals surface area contributed by atoms with E-state index in [0.29, 0.717) is 6.04 Å². The Morgan fingerprint density at radius 2 is 2.50 bits per heavy atom. The van der Waals surface area contributed by atoms with Gasteiger partial charge in [-0.25, -0.2) is 0 Å². The van der Waals surface area contributed by atoms with Crippen molar-refractivity contribution >= 4 is 5.97 Å². The highest BCUT2D eigenvalue weighted by molar-refractivity contribution is 5.69. The van der Waals surface area contributed by atoms with Crippen molar-refractivity contribution in [2.45, 2.75) is 18.9 Å². The summed E-state index contributed by atoms with van der Waals surface area (Å²) in [6.07, 6.45) is 2.26. The zero-order valence-electron chi connectivity index (χ0n) is 7.42. The van der Waals surface area contributed by atoms with Crippen molar-refractivity contribution in [2.24, 2.45) is 0 Å². The number of rotatable bonds is 3. The summed E-state index contributed by atoms with van der Waals surface area (Å²) in [5.74, 6) is -0.775. The molecule has 70 valence electrons. The van der Waals surface area contributed by atoms with Gasteiger partial charge in [0.2, 0.25) is 0 Å². The summed E-state index contributed by atoms with van der Waals surface area (Å²) in [5, 5.41) is 11.4. The van der Waals surface area contributed by atoms with Crippen molar-refractivity contribution < 1.29 is 9.90 Å². The molecule has 2 N–H and O–H groups in total. The molecule has 4 nitrogen and oxygen atoms in total. The first-order valence-electron chi connectivity index (χ1n) is 4.32. The smallest absolute Gasteiger partial charge is 0.317 e. The first-order valence-corrected chi connectivity index (χ1v) is 4.32. The lowest BCUT2D eigenvalue weighted by Crippen LogP contribution is -2.45. The lowest BCUT2D eigenvalue weighted by atomic mass is 10.1. The normalized spacial score (nSPS) is 25.6. The number of hydrogen-bond acceptors (Lipinski definition) is 3. The number of carboxylic acids is 1. The number of hydrogen-bond donors (Lipinski definition) is 2. The Labute approximate surface area is 72.6 Å². The Hall–Kier alpha value is -0.610. The number of carboxylic acid groups (broad SMARTS) is 1. The molecule has 0 spiro atoms. The van der Waals surface area contributed by atoms with Crippen molar-refractivity contribution in [3.8, 4) is 0 Å². The fourth-order valence-corrected chi connectivity index (χ4v) is 1.56. The maximum Gasteiger partial charge on any atom is 0.317 e. The summed E-state index contributed by atoms with van der Waals surface area (Å²) in [6, 6.07) is 0.361. The number of aliphatic carboxylic acids is 1. The van der Waals surface area contributed by atoms with Crippen molar-refractivity contribution in [3.63, 3.8) is 0 Å². The van der Waals surface area contributed by atoms with Gasteiger partial charge in [-0.2, -0.15) is 0 Å². The van der Waals surface area contributed by atoms with Gasteiger partial charge in [-0.1, -0.05) is 0 Å². The molecule has 0 aromatic rings. The molecule has 1 fully saturated rings. The Morgan fingerprint density at radius 3 is 3.08 bits per heavy atom. The summed E-state index contributed by atoms with van der Waals surface area (Å²) in [5.41, 5.74) is 0. The van der Waals surface area contributed by atoms with Gasteiger partial charge in [0.15, 0.2) is 0 Å². The third-order valence-electron chi connectivity index (χ3n) is 2.17. The number of piperidine rings is 1. The molecule has 1 heterocycles. The molecule has 0 bridgehead atoms. The third kappa shape index (κ3) is 3.19. The molecule has 0 aromatic heterocycles. The maximum absolute atomic E-state index is 10.2. The summed E-state index contributed by atoms with van der Waals surface area (Å²) in [7, 11) is 2.06. The number of nitrogens with zero attached hydrogens (tertiary/aromatic N) is 1. The molecule has 0 amide bonds. The van der Waals surface area contributed by atoms with E-state index in [4.69, 9.17) is 5.11 Å². The summed E-state index contributed by atoms with van der Waals surface area (Å²) >= 11 is 0. The largest absolute Gasteiger partial charge is 0.480 e. The molecule has 12 heavy (non-hydrogen) atoms. The van der Waals surface area contributed by atoms with Crippen LogP contribution in [-0.4, -0.2) is 48.7 Å². The van der Waals surface area contributed by atoms with Crippen LogP contribution in [0.4, 0.5) is 0 Å². The zero-order valence-corrected chi connectivity index (χ0v) is 7.42. The fourth-order valence-electron chi connectivity index (χ4n) is 1.56. The summed E-state index contributed by atoms with van der Waals surface area (Å²) < 4.78 is 0. The monoisotopic (exact) mass is 172 g/mol. The number of likely N-dealkylation sites (tertiary alicyclic amines) is 1. The molecule has 1 rings (SSSR count). The second-order valence-corrected chi connectivity index (χ2v) is 3.38. The van der Waals surface area contributed by atoms with Gasteiger partial charge in [0, 0.05) is 12.6 Å². The van der Waals surface area contributed by atoms with Gasteiger partial charge >= 0.3 is 5.97 Å². The van der Waals surface area contributed by atoms with Crippen LogP contribution in [0.5, 0.6) is 0 Å². The van der Waals surface area contributed by atoms with E-state index in [1.165, 1.54) is 0 Å². The van der Waals surface area contributed by atoms with Crippen LogP contribution in [0, 0.1) is 0 Å². The van der Waals surface area contributed by atoms with Gasteiger partial charge in [0.1, 0.15) is 0 Å². The minimum absolute atomic E-state index is 0.0819. The average molecular weight is 172 g/mol. The highest BCUT2D eigenvalue weighted by Crippen LogP contribution is 2.06. The number of likely N-dealkylation sites (N-methyl/N-ethyl adjacent to an activating group) is 1.